The third kappa shape index (κ3) is 5.29. The van der Waals surface area contributed by atoms with Crippen molar-refractivity contribution in [3.8, 4) is 0 Å². The lowest BCUT2D eigenvalue weighted by Crippen LogP contribution is -2.35. The summed E-state index contributed by atoms with van der Waals surface area (Å²) in [6.45, 7) is 4.53. The molecule has 1 unspecified atom stereocenters. The lowest BCUT2D eigenvalue weighted by molar-refractivity contribution is -0.384. The van der Waals surface area contributed by atoms with Crippen molar-refractivity contribution < 1.29 is 14.1 Å². The van der Waals surface area contributed by atoms with Crippen molar-refractivity contribution in [2.45, 2.75) is 30.5 Å². The van der Waals surface area contributed by atoms with E-state index >= 15 is 0 Å². The van der Waals surface area contributed by atoms with Gasteiger partial charge in [0.25, 0.3) is 5.69 Å². The van der Waals surface area contributed by atoms with Gasteiger partial charge in [0, 0.05) is 30.1 Å². The van der Waals surface area contributed by atoms with E-state index < -0.39 is 4.92 Å². The van der Waals surface area contributed by atoms with Crippen molar-refractivity contribution in [1.29, 1.82) is 0 Å². The van der Waals surface area contributed by atoms with E-state index in [0.717, 1.165) is 10.5 Å². The number of nitrogens with zero attached hydrogens (tertiary/aromatic N) is 2. The summed E-state index contributed by atoms with van der Waals surface area (Å²) in [5, 5.41) is 10.3. The van der Waals surface area contributed by atoms with Crippen molar-refractivity contribution >= 4 is 23.4 Å². The number of amides is 1. The third-order valence-electron chi connectivity index (χ3n) is 3.66. The lowest BCUT2D eigenvalue weighted by Gasteiger charge is -2.24. The summed E-state index contributed by atoms with van der Waals surface area (Å²) in [5.41, 5.74) is 0.757. The first-order valence-electron chi connectivity index (χ1n) is 7.85. The molecule has 25 heavy (non-hydrogen) atoms. The molecule has 2 rings (SSSR count). The zero-order chi connectivity index (χ0) is 18.4. The highest BCUT2D eigenvalue weighted by atomic mass is 32.2. The first kappa shape index (κ1) is 18.9. The molecule has 0 aliphatic heterocycles. The maximum atomic E-state index is 13.3. The number of carbonyl (C=O) groups is 1. The summed E-state index contributed by atoms with van der Waals surface area (Å²) in [4.78, 5) is 25.3. The average Bonchev–Trinajstić information content (AvgIpc) is 2.59. The maximum Gasteiger partial charge on any atom is 0.269 e. The van der Waals surface area contributed by atoms with Crippen LogP contribution in [0.15, 0.2) is 53.4 Å². The zero-order valence-corrected chi connectivity index (χ0v) is 14.8. The second kappa shape index (κ2) is 8.62. The number of carbonyl (C=O) groups excluding carboxylic acids is 1. The number of hydrogen-bond donors (Lipinski definition) is 0. The number of rotatable bonds is 7. The van der Waals surface area contributed by atoms with Gasteiger partial charge in [-0.05, 0) is 43.7 Å². The van der Waals surface area contributed by atoms with Gasteiger partial charge in [0.1, 0.15) is 5.82 Å². The summed E-state index contributed by atoms with van der Waals surface area (Å²) in [5.74, 6) is -0.385. The highest BCUT2D eigenvalue weighted by Gasteiger charge is 2.21. The summed E-state index contributed by atoms with van der Waals surface area (Å²) >= 11 is 1.34. The molecule has 0 spiro atoms. The van der Waals surface area contributed by atoms with Crippen LogP contribution in [0.25, 0.3) is 0 Å². The Labute approximate surface area is 150 Å². The summed E-state index contributed by atoms with van der Waals surface area (Å²) in [7, 11) is 0. The van der Waals surface area contributed by atoms with Crippen LogP contribution in [0, 0.1) is 15.9 Å². The number of thioether (sulfide) groups is 1. The van der Waals surface area contributed by atoms with Crippen LogP contribution in [0.1, 0.15) is 19.4 Å². The van der Waals surface area contributed by atoms with Crippen LogP contribution in [-0.2, 0) is 11.3 Å². The van der Waals surface area contributed by atoms with Gasteiger partial charge in [-0.1, -0.05) is 12.1 Å². The molecular formula is C18H19FN2O3S. The molecule has 0 saturated heterocycles. The van der Waals surface area contributed by atoms with Gasteiger partial charge in [-0.25, -0.2) is 4.39 Å². The van der Waals surface area contributed by atoms with Crippen LogP contribution >= 0.6 is 11.8 Å². The van der Waals surface area contributed by atoms with E-state index in [2.05, 4.69) is 0 Å². The predicted octanol–water partition coefficient (Wildman–Crippen LogP) is 4.26. The van der Waals surface area contributed by atoms with Gasteiger partial charge in [-0.2, -0.15) is 0 Å². The number of nitro benzene ring substituents is 1. The minimum absolute atomic E-state index is 0.0182. The van der Waals surface area contributed by atoms with Gasteiger partial charge in [0.15, 0.2) is 0 Å². The Morgan fingerprint density at radius 2 is 1.96 bits per heavy atom. The smallest absolute Gasteiger partial charge is 0.269 e. The number of benzene rings is 2. The standard InChI is InChI=1S/C18H19FN2O3S/c1-3-20(12-14-5-4-6-15(19)11-14)18(22)13(2)25-17-9-7-16(8-10-17)21(23)24/h4-11,13H,3,12H2,1-2H3. The quantitative estimate of drug-likeness (QED) is 0.419. The molecule has 2 aromatic carbocycles. The molecule has 5 nitrogen and oxygen atoms in total. The van der Waals surface area contributed by atoms with Gasteiger partial charge in [0.2, 0.25) is 5.91 Å². The highest BCUT2D eigenvalue weighted by molar-refractivity contribution is 8.00. The molecule has 7 heteroatoms. The highest BCUT2D eigenvalue weighted by Crippen LogP contribution is 2.26. The molecule has 1 amide bonds. The second-order valence-corrected chi connectivity index (χ2v) is 6.91. The van der Waals surface area contributed by atoms with Crippen LogP contribution in [0.4, 0.5) is 10.1 Å². The SMILES string of the molecule is CCN(Cc1cccc(F)c1)C(=O)C(C)Sc1ccc([N+](=O)[O-])cc1. The van der Waals surface area contributed by atoms with Crippen LogP contribution in [0.3, 0.4) is 0 Å². The molecule has 0 saturated carbocycles. The lowest BCUT2D eigenvalue weighted by atomic mass is 10.2. The van der Waals surface area contributed by atoms with Gasteiger partial charge < -0.3 is 4.90 Å². The third-order valence-corrected chi connectivity index (χ3v) is 4.76. The Hall–Kier alpha value is -2.41. The van der Waals surface area contributed by atoms with E-state index in [0.29, 0.717) is 13.1 Å². The fourth-order valence-electron chi connectivity index (χ4n) is 2.36. The summed E-state index contributed by atoms with van der Waals surface area (Å²) < 4.78 is 13.3. The number of non-ortho nitro benzene ring substituents is 1. The number of nitro groups is 1. The maximum absolute atomic E-state index is 13.3. The fraction of sp³-hybridized carbons (Fsp3) is 0.278. The van der Waals surface area contributed by atoms with Crippen molar-refractivity contribution in [2.24, 2.45) is 0 Å². The molecular weight excluding hydrogens is 343 g/mol. The van der Waals surface area contributed by atoms with E-state index in [-0.39, 0.29) is 22.7 Å². The van der Waals surface area contributed by atoms with Crippen molar-refractivity contribution in [3.05, 3.63) is 70.0 Å². The first-order valence-corrected chi connectivity index (χ1v) is 8.73. The van der Waals surface area contributed by atoms with Crippen LogP contribution in [-0.4, -0.2) is 27.5 Å². The van der Waals surface area contributed by atoms with Gasteiger partial charge in [-0.15, -0.1) is 11.8 Å². The van der Waals surface area contributed by atoms with Gasteiger partial charge in [0.05, 0.1) is 10.2 Å². The largest absolute Gasteiger partial charge is 0.338 e. The average molecular weight is 362 g/mol. The fourth-order valence-corrected chi connectivity index (χ4v) is 3.31. The molecule has 0 aliphatic carbocycles. The normalized spacial score (nSPS) is 11.8. The molecule has 0 N–H and O–H groups in total. The van der Waals surface area contributed by atoms with Crippen molar-refractivity contribution in [3.63, 3.8) is 0 Å². The molecule has 132 valence electrons. The summed E-state index contributed by atoms with van der Waals surface area (Å²) in [6, 6.07) is 12.3. The van der Waals surface area contributed by atoms with E-state index in [9.17, 15) is 19.3 Å². The van der Waals surface area contributed by atoms with Crippen LogP contribution < -0.4 is 0 Å². The minimum atomic E-state index is -0.458. The number of halogens is 1. The van der Waals surface area contributed by atoms with Crippen LogP contribution in [0.2, 0.25) is 0 Å². The molecule has 1 atom stereocenters. The van der Waals surface area contributed by atoms with E-state index in [1.165, 1.54) is 36.0 Å². The Morgan fingerprint density at radius 3 is 2.52 bits per heavy atom. The van der Waals surface area contributed by atoms with E-state index in [4.69, 9.17) is 0 Å². The topological polar surface area (TPSA) is 63.5 Å². The second-order valence-electron chi connectivity index (χ2n) is 5.49. The van der Waals surface area contributed by atoms with Gasteiger partial charge >= 0.3 is 0 Å². The number of hydrogen-bond acceptors (Lipinski definition) is 4. The minimum Gasteiger partial charge on any atom is -0.338 e. The molecule has 0 aliphatic rings. The Kier molecular flexibility index (Phi) is 6.52. The first-order chi connectivity index (χ1) is 11.9. The van der Waals surface area contributed by atoms with E-state index in [1.807, 2.05) is 6.92 Å². The van der Waals surface area contributed by atoms with Crippen molar-refractivity contribution in [2.75, 3.05) is 6.54 Å². The molecule has 0 bridgehead atoms. The predicted molar refractivity (Wildman–Crippen MR) is 95.9 cm³/mol. The Morgan fingerprint density at radius 1 is 1.28 bits per heavy atom. The molecule has 0 radical (unpaired) electrons. The Bertz CT molecular complexity index is 752. The monoisotopic (exact) mass is 362 g/mol. The molecule has 0 heterocycles. The zero-order valence-electron chi connectivity index (χ0n) is 14.0. The van der Waals surface area contributed by atoms with E-state index in [1.54, 1.807) is 36.1 Å². The summed E-state index contributed by atoms with van der Waals surface area (Å²) in [6.07, 6.45) is 0. The van der Waals surface area contributed by atoms with Crippen LogP contribution in [0.5, 0.6) is 0 Å². The molecule has 0 fully saturated rings. The van der Waals surface area contributed by atoms with Crippen molar-refractivity contribution in [1.82, 2.24) is 4.90 Å². The molecule has 2 aromatic rings. The Balaban J connectivity index is 2.02. The van der Waals surface area contributed by atoms with Gasteiger partial charge in [-0.3, -0.25) is 14.9 Å². The molecule has 0 aromatic heterocycles.